The summed E-state index contributed by atoms with van der Waals surface area (Å²) in [5.74, 6) is -0.213. The van der Waals surface area contributed by atoms with Crippen molar-refractivity contribution in [2.75, 3.05) is 26.8 Å². The van der Waals surface area contributed by atoms with Crippen LogP contribution in [0.15, 0.2) is 12.7 Å². The van der Waals surface area contributed by atoms with Crippen LogP contribution in [0.4, 0.5) is 0 Å². The average molecular weight is 225 g/mol. The lowest BCUT2D eigenvalue weighted by Gasteiger charge is -2.39. The lowest BCUT2D eigenvalue weighted by molar-refractivity contribution is -0.183. The molecule has 2 aliphatic rings. The largest absolute Gasteiger partial charge is 0.348 e. The van der Waals surface area contributed by atoms with E-state index >= 15 is 0 Å². The van der Waals surface area contributed by atoms with Crippen LogP contribution in [0.3, 0.4) is 0 Å². The molecule has 16 heavy (non-hydrogen) atoms. The van der Waals surface area contributed by atoms with E-state index in [-0.39, 0.29) is 5.79 Å². The smallest absolute Gasteiger partial charge is 0.168 e. The molecule has 0 aromatic carbocycles. The summed E-state index contributed by atoms with van der Waals surface area (Å²) in [5, 5.41) is 0. The van der Waals surface area contributed by atoms with Crippen LogP contribution in [-0.4, -0.2) is 43.5 Å². The highest BCUT2D eigenvalue weighted by Crippen LogP contribution is 2.36. The Morgan fingerprint density at radius 2 is 1.94 bits per heavy atom. The van der Waals surface area contributed by atoms with Crippen molar-refractivity contribution in [2.45, 2.75) is 43.9 Å². The zero-order valence-electron chi connectivity index (χ0n) is 10.3. The number of hydrogen-bond donors (Lipinski definition) is 0. The molecule has 3 nitrogen and oxygen atoms in total. The number of hydrogen-bond acceptors (Lipinski definition) is 3. The second-order valence-electron chi connectivity index (χ2n) is 4.90. The molecule has 0 atom stereocenters. The van der Waals surface area contributed by atoms with Crippen molar-refractivity contribution in [3.05, 3.63) is 12.7 Å². The molecule has 2 fully saturated rings. The minimum absolute atomic E-state index is 0.213. The van der Waals surface area contributed by atoms with Crippen molar-refractivity contribution in [3.8, 4) is 0 Å². The molecule has 0 bridgehead atoms. The van der Waals surface area contributed by atoms with Crippen LogP contribution in [-0.2, 0) is 9.47 Å². The van der Waals surface area contributed by atoms with Gasteiger partial charge in [-0.3, -0.25) is 0 Å². The number of ether oxygens (including phenoxy) is 2. The molecule has 1 aliphatic heterocycles. The van der Waals surface area contributed by atoms with Crippen LogP contribution in [0.1, 0.15) is 32.1 Å². The predicted molar refractivity (Wildman–Crippen MR) is 64.3 cm³/mol. The molecule has 1 spiro atoms. The standard InChI is InChI=1S/C13H23NO2/c1-3-4-9-14(2)12-5-7-13(8-6-12)15-10-11-16-13/h3,12H,1,4-11H2,2H3. The summed E-state index contributed by atoms with van der Waals surface area (Å²) in [5.41, 5.74) is 0. The van der Waals surface area contributed by atoms with E-state index < -0.39 is 0 Å². The Kier molecular flexibility index (Phi) is 4.00. The first kappa shape index (κ1) is 12.1. The second kappa shape index (κ2) is 5.30. The monoisotopic (exact) mass is 225 g/mol. The predicted octanol–water partition coefficient (Wildman–Crippen LogP) is 2.18. The summed E-state index contributed by atoms with van der Waals surface area (Å²) >= 11 is 0. The van der Waals surface area contributed by atoms with Crippen molar-refractivity contribution >= 4 is 0 Å². The normalized spacial score (nSPS) is 25.4. The first-order valence-electron chi connectivity index (χ1n) is 6.35. The maximum absolute atomic E-state index is 5.73. The van der Waals surface area contributed by atoms with Crippen LogP contribution < -0.4 is 0 Å². The summed E-state index contributed by atoms with van der Waals surface area (Å²) in [4.78, 5) is 2.45. The molecule has 3 heteroatoms. The topological polar surface area (TPSA) is 21.7 Å². The average Bonchev–Trinajstić information content (AvgIpc) is 2.75. The van der Waals surface area contributed by atoms with Gasteiger partial charge >= 0.3 is 0 Å². The number of nitrogens with zero attached hydrogens (tertiary/aromatic N) is 1. The Morgan fingerprint density at radius 1 is 1.31 bits per heavy atom. The van der Waals surface area contributed by atoms with Gasteiger partial charge in [-0.2, -0.15) is 0 Å². The van der Waals surface area contributed by atoms with Gasteiger partial charge in [-0.15, -0.1) is 6.58 Å². The van der Waals surface area contributed by atoms with Crippen molar-refractivity contribution in [3.63, 3.8) is 0 Å². The quantitative estimate of drug-likeness (QED) is 0.685. The molecular weight excluding hydrogens is 202 g/mol. The van der Waals surface area contributed by atoms with E-state index in [1.807, 2.05) is 6.08 Å². The molecule has 1 aliphatic carbocycles. The Hall–Kier alpha value is -0.380. The zero-order valence-corrected chi connectivity index (χ0v) is 10.3. The first-order chi connectivity index (χ1) is 7.76. The fourth-order valence-corrected chi connectivity index (χ4v) is 2.75. The lowest BCUT2D eigenvalue weighted by atomic mass is 9.89. The van der Waals surface area contributed by atoms with Crippen LogP contribution in [0, 0.1) is 0 Å². The fourth-order valence-electron chi connectivity index (χ4n) is 2.75. The Bertz CT molecular complexity index is 226. The molecule has 0 radical (unpaired) electrons. The summed E-state index contributed by atoms with van der Waals surface area (Å²) < 4.78 is 11.5. The summed E-state index contributed by atoms with van der Waals surface area (Å²) in [6.45, 7) is 6.43. The summed E-state index contributed by atoms with van der Waals surface area (Å²) in [6.07, 6.45) is 7.54. The maximum Gasteiger partial charge on any atom is 0.168 e. The molecule has 1 saturated heterocycles. The van der Waals surface area contributed by atoms with Gasteiger partial charge in [0, 0.05) is 25.4 Å². The minimum atomic E-state index is -0.213. The van der Waals surface area contributed by atoms with Crippen molar-refractivity contribution in [1.29, 1.82) is 0 Å². The third kappa shape index (κ3) is 2.65. The van der Waals surface area contributed by atoms with E-state index in [1.165, 1.54) is 12.8 Å². The highest BCUT2D eigenvalue weighted by atomic mass is 16.7. The van der Waals surface area contributed by atoms with Crippen molar-refractivity contribution in [1.82, 2.24) is 4.90 Å². The maximum atomic E-state index is 5.73. The zero-order chi connectivity index (χ0) is 11.4. The van der Waals surface area contributed by atoms with E-state index in [2.05, 4.69) is 18.5 Å². The molecule has 92 valence electrons. The minimum Gasteiger partial charge on any atom is -0.348 e. The number of rotatable bonds is 4. The molecular formula is C13H23NO2. The Balaban J connectivity index is 1.77. The van der Waals surface area contributed by atoms with Gasteiger partial charge in [0.25, 0.3) is 0 Å². The van der Waals surface area contributed by atoms with Gasteiger partial charge in [0.05, 0.1) is 13.2 Å². The summed E-state index contributed by atoms with van der Waals surface area (Å²) in [7, 11) is 2.21. The van der Waals surface area contributed by atoms with Gasteiger partial charge in [-0.25, -0.2) is 0 Å². The van der Waals surface area contributed by atoms with Crippen LogP contribution in [0.25, 0.3) is 0 Å². The van der Waals surface area contributed by atoms with E-state index in [9.17, 15) is 0 Å². The van der Waals surface area contributed by atoms with E-state index in [1.54, 1.807) is 0 Å². The molecule has 1 heterocycles. The van der Waals surface area contributed by atoms with Crippen molar-refractivity contribution < 1.29 is 9.47 Å². The Morgan fingerprint density at radius 3 is 2.50 bits per heavy atom. The van der Waals surface area contributed by atoms with Crippen LogP contribution >= 0.6 is 0 Å². The third-order valence-corrected chi connectivity index (χ3v) is 3.84. The van der Waals surface area contributed by atoms with Gasteiger partial charge in [-0.05, 0) is 26.3 Å². The Labute approximate surface area is 98.4 Å². The molecule has 0 amide bonds. The molecule has 2 rings (SSSR count). The summed E-state index contributed by atoms with van der Waals surface area (Å²) in [6, 6.07) is 0.693. The molecule has 1 saturated carbocycles. The van der Waals surface area contributed by atoms with Crippen LogP contribution in [0.5, 0.6) is 0 Å². The second-order valence-corrected chi connectivity index (χ2v) is 4.90. The van der Waals surface area contributed by atoms with Crippen molar-refractivity contribution in [2.24, 2.45) is 0 Å². The SMILES string of the molecule is C=CCCN(C)C1CCC2(CC1)OCCO2. The van der Waals surface area contributed by atoms with E-state index in [4.69, 9.17) is 9.47 Å². The van der Waals surface area contributed by atoms with Gasteiger partial charge < -0.3 is 14.4 Å². The van der Waals surface area contributed by atoms with Gasteiger partial charge in [0.1, 0.15) is 0 Å². The van der Waals surface area contributed by atoms with Gasteiger partial charge in [0.2, 0.25) is 0 Å². The molecule has 0 aromatic heterocycles. The van der Waals surface area contributed by atoms with Gasteiger partial charge in [-0.1, -0.05) is 6.08 Å². The third-order valence-electron chi connectivity index (χ3n) is 3.84. The van der Waals surface area contributed by atoms with E-state index in [0.717, 1.165) is 39.0 Å². The van der Waals surface area contributed by atoms with E-state index in [0.29, 0.717) is 6.04 Å². The van der Waals surface area contributed by atoms with Crippen LogP contribution in [0.2, 0.25) is 0 Å². The highest BCUT2D eigenvalue weighted by Gasteiger charge is 2.40. The molecule has 0 unspecified atom stereocenters. The molecule has 0 N–H and O–H groups in total. The van der Waals surface area contributed by atoms with Gasteiger partial charge in [0.15, 0.2) is 5.79 Å². The highest BCUT2D eigenvalue weighted by molar-refractivity contribution is 4.86. The molecule has 0 aromatic rings. The fraction of sp³-hybridized carbons (Fsp3) is 0.846. The lowest BCUT2D eigenvalue weighted by Crippen LogP contribution is -2.43. The first-order valence-corrected chi connectivity index (χ1v) is 6.35.